The number of hydrogen-bond donors (Lipinski definition) is 2. The molecule has 1 saturated carbocycles. The summed E-state index contributed by atoms with van der Waals surface area (Å²) in [5, 5.41) is 6.86. The lowest BCUT2D eigenvalue weighted by Gasteiger charge is -2.15. The molecule has 1 aliphatic heterocycles. The van der Waals surface area contributed by atoms with Gasteiger partial charge in [-0.15, -0.1) is 0 Å². The second kappa shape index (κ2) is 11.3. The van der Waals surface area contributed by atoms with Gasteiger partial charge >= 0.3 is 0 Å². The molecular formula is C23H38N4O2. The fourth-order valence-electron chi connectivity index (χ4n) is 3.92. The molecular weight excluding hydrogens is 364 g/mol. The van der Waals surface area contributed by atoms with E-state index in [1.54, 1.807) is 0 Å². The van der Waals surface area contributed by atoms with Crippen LogP contribution in [0.25, 0.3) is 0 Å². The number of benzene rings is 1. The topological polar surface area (TPSA) is 58.1 Å². The maximum absolute atomic E-state index is 5.74. The minimum atomic E-state index is 0.637. The average molecular weight is 403 g/mol. The third kappa shape index (κ3) is 6.81. The summed E-state index contributed by atoms with van der Waals surface area (Å²) in [6.07, 6.45) is 5.00. The number of nitrogens with one attached hydrogen (secondary N) is 2. The van der Waals surface area contributed by atoms with E-state index >= 15 is 0 Å². The zero-order chi connectivity index (χ0) is 20.5. The number of nitrogens with zero attached hydrogens (tertiary/aromatic N) is 2. The SMILES string of the molecule is CCNC(=NCC1CCN(C2CC2)C1)NCCc1ccc(OCC)c(OCC)c1. The molecule has 6 nitrogen and oxygen atoms in total. The largest absolute Gasteiger partial charge is 0.490 e. The molecule has 1 saturated heterocycles. The van der Waals surface area contributed by atoms with Gasteiger partial charge in [-0.2, -0.15) is 0 Å². The molecule has 0 aromatic heterocycles. The van der Waals surface area contributed by atoms with Crippen molar-refractivity contribution in [3.8, 4) is 11.5 Å². The highest BCUT2D eigenvalue weighted by atomic mass is 16.5. The van der Waals surface area contributed by atoms with Crippen LogP contribution in [-0.2, 0) is 6.42 Å². The predicted molar refractivity (Wildman–Crippen MR) is 119 cm³/mol. The molecule has 2 aliphatic rings. The summed E-state index contributed by atoms with van der Waals surface area (Å²) in [6, 6.07) is 7.09. The Bertz CT molecular complexity index is 660. The van der Waals surface area contributed by atoms with Crippen LogP contribution in [0.3, 0.4) is 0 Å². The second-order valence-corrected chi connectivity index (χ2v) is 7.92. The highest BCUT2D eigenvalue weighted by molar-refractivity contribution is 5.79. The highest BCUT2D eigenvalue weighted by Crippen LogP contribution is 2.31. The first-order valence-corrected chi connectivity index (χ1v) is 11.4. The van der Waals surface area contributed by atoms with E-state index in [9.17, 15) is 0 Å². The molecule has 0 radical (unpaired) electrons. The molecule has 2 fully saturated rings. The number of rotatable bonds is 11. The van der Waals surface area contributed by atoms with E-state index in [0.29, 0.717) is 19.1 Å². The van der Waals surface area contributed by atoms with Gasteiger partial charge in [-0.1, -0.05) is 6.07 Å². The normalized spacial score (nSPS) is 20.0. The van der Waals surface area contributed by atoms with Crippen LogP contribution in [-0.4, -0.2) is 62.8 Å². The van der Waals surface area contributed by atoms with Crippen molar-refractivity contribution in [1.29, 1.82) is 0 Å². The van der Waals surface area contributed by atoms with Crippen molar-refractivity contribution in [3.05, 3.63) is 23.8 Å². The summed E-state index contributed by atoms with van der Waals surface area (Å²) in [5.74, 6) is 3.27. The van der Waals surface area contributed by atoms with E-state index in [1.165, 1.54) is 37.9 Å². The molecule has 1 aromatic carbocycles. The maximum Gasteiger partial charge on any atom is 0.191 e. The Morgan fingerprint density at radius 1 is 1.07 bits per heavy atom. The van der Waals surface area contributed by atoms with E-state index < -0.39 is 0 Å². The van der Waals surface area contributed by atoms with Gasteiger partial charge in [0.15, 0.2) is 17.5 Å². The Morgan fingerprint density at radius 3 is 2.59 bits per heavy atom. The van der Waals surface area contributed by atoms with Gasteiger partial charge < -0.3 is 25.0 Å². The molecule has 6 heteroatoms. The molecule has 3 rings (SSSR count). The Morgan fingerprint density at radius 2 is 1.86 bits per heavy atom. The first kappa shape index (κ1) is 21.8. The Hall–Kier alpha value is -1.95. The van der Waals surface area contributed by atoms with E-state index in [-0.39, 0.29) is 0 Å². The third-order valence-electron chi connectivity index (χ3n) is 5.55. The van der Waals surface area contributed by atoms with Gasteiger partial charge in [0.2, 0.25) is 0 Å². The van der Waals surface area contributed by atoms with Crippen molar-refractivity contribution in [2.45, 2.75) is 52.5 Å². The lowest BCUT2D eigenvalue weighted by molar-refractivity contribution is 0.287. The van der Waals surface area contributed by atoms with Crippen molar-refractivity contribution in [2.75, 3.05) is 45.9 Å². The Balaban J connectivity index is 1.47. The molecule has 1 unspecified atom stereocenters. The van der Waals surface area contributed by atoms with Crippen molar-refractivity contribution in [2.24, 2.45) is 10.9 Å². The van der Waals surface area contributed by atoms with Crippen molar-refractivity contribution in [1.82, 2.24) is 15.5 Å². The van der Waals surface area contributed by atoms with Crippen LogP contribution in [0.15, 0.2) is 23.2 Å². The van der Waals surface area contributed by atoms with Crippen LogP contribution in [0.1, 0.15) is 45.6 Å². The summed E-state index contributed by atoms with van der Waals surface area (Å²) < 4.78 is 11.4. The van der Waals surface area contributed by atoms with Gasteiger partial charge in [-0.25, -0.2) is 0 Å². The number of ether oxygens (including phenoxy) is 2. The first-order chi connectivity index (χ1) is 14.2. The van der Waals surface area contributed by atoms with Gasteiger partial charge in [0.25, 0.3) is 0 Å². The summed E-state index contributed by atoms with van der Waals surface area (Å²) in [4.78, 5) is 7.50. The van der Waals surface area contributed by atoms with Gasteiger partial charge in [0, 0.05) is 32.2 Å². The van der Waals surface area contributed by atoms with Crippen LogP contribution in [0.2, 0.25) is 0 Å². The molecule has 29 heavy (non-hydrogen) atoms. The molecule has 2 N–H and O–H groups in total. The van der Waals surface area contributed by atoms with Gasteiger partial charge in [-0.05, 0) is 76.6 Å². The summed E-state index contributed by atoms with van der Waals surface area (Å²) in [6.45, 7) is 12.5. The smallest absolute Gasteiger partial charge is 0.191 e. The third-order valence-corrected chi connectivity index (χ3v) is 5.55. The van der Waals surface area contributed by atoms with Crippen LogP contribution < -0.4 is 20.1 Å². The quantitative estimate of drug-likeness (QED) is 0.440. The summed E-state index contributed by atoms with van der Waals surface area (Å²) >= 11 is 0. The summed E-state index contributed by atoms with van der Waals surface area (Å²) in [7, 11) is 0. The zero-order valence-electron chi connectivity index (χ0n) is 18.4. The minimum absolute atomic E-state index is 0.637. The lowest BCUT2D eigenvalue weighted by atomic mass is 10.1. The van der Waals surface area contributed by atoms with E-state index in [0.717, 1.165) is 49.6 Å². The van der Waals surface area contributed by atoms with Crippen LogP contribution >= 0.6 is 0 Å². The standard InChI is InChI=1S/C23H38N4O2/c1-4-24-23(26-16-19-12-14-27(17-19)20-8-9-20)25-13-11-18-7-10-21(28-5-2)22(15-18)29-6-3/h7,10,15,19-20H,4-6,8-9,11-14,16-17H2,1-3H3,(H2,24,25,26). The molecule has 1 aromatic rings. The monoisotopic (exact) mass is 402 g/mol. The van der Waals surface area contributed by atoms with Crippen molar-refractivity contribution in [3.63, 3.8) is 0 Å². The zero-order valence-corrected chi connectivity index (χ0v) is 18.4. The van der Waals surface area contributed by atoms with Crippen molar-refractivity contribution >= 4 is 5.96 Å². The van der Waals surface area contributed by atoms with E-state index in [4.69, 9.17) is 14.5 Å². The molecule has 1 atom stereocenters. The van der Waals surface area contributed by atoms with Gasteiger partial charge in [-0.3, -0.25) is 4.99 Å². The van der Waals surface area contributed by atoms with Crippen LogP contribution in [0.5, 0.6) is 11.5 Å². The molecule has 1 aliphatic carbocycles. The number of hydrogen-bond acceptors (Lipinski definition) is 4. The summed E-state index contributed by atoms with van der Waals surface area (Å²) in [5.41, 5.74) is 1.23. The second-order valence-electron chi connectivity index (χ2n) is 7.92. The first-order valence-electron chi connectivity index (χ1n) is 11.4. The van der Waals surface area contributed by atoms with Gasteiger partial charge in [0.05, 0.1) is 13.2 Å². The number of likely N-dealkylation sites (tertiary alicyclic amines) is 1. The number of guanidine groups is 1. The van der Waals surface area contributed by atoms with Crippen LogP contribution in [0, 0.1) is 5.92 Å². The Labute approximate surface area is 176 Å². The Kier molecular flexibility index (Phi) is 8.47. The number of aliphatic imine (C=N–C) groups is 1. The molecule has 1 heterocycles. The molecule has 0 amide bonds. The van der Waals surface area contributed by atoms with Crippen molar-refractivity contribution < 1.29 is 9.47 Å². The minimum Gasteiger partial charge on any atom is -0.490 e. The maximum atomic E-state index is 5.74. The fourth-order valence-corrected chi connectivity index (χ4v) is 3.92. The predicted octanol–water partition coefficient (Wildman–Crippen LogP) is 3.07. The van der Waals surface area contributed by atoms with Crippen LogP contribution in [0.4, 0.5) is 0 Å². The van der Waals surface area contributed by atoms with Gasteiger partial charge in [0.1, 0.15) is 0 Å². The average Bonchev–Trinajstić information content (AvgIpc) is 3.46. The molecule has 162 valence electrons. The van der Waals surface area contributed by atoms with E-state index in [2.05, 4.69) is 34.6 Å². The fraction of sp³-hybridized carbons (Fsp3) is 0.696. The van der Waals surface area contributed by atoms with E-state index in [1.807, 2.05) is 19.9 Å². The highest BCUT2D eigenvalue weighted by Gasteiger charge is 2.34. The lowest BCUT2D eigenvalue weighted by Crippen LogP contribution is -2.38. The molecule has 0 bridgehead atoms. The molecule has 0 spiro atoms.